The molecule has 0 unspecified atom stereocenters. The average Bonchev–Trinajstić information content (AvgIpc) is 1.85. The lowest BCUT2D eigenvalue weighted by Gasteiger charge is -2.29. The van der Waals surface area contributed by atoms with Gasteiger partial charge in [0.2, 0.25) is 0 Å². The van der Waals surface area contributed by atoms with Crippen molar-refractivity contribution >= 4 is 17.0 Å². The number of nitrogens with zero attached hydrogens (tertiary/aromatic N) is 1. The van der Waals surface area contributed by atoms with E-state index >= 15 is 0 Å². The lowest BCUT2D eigenvalue weighted by molar-refractivity contribution is 0.190. The maximum atomic E-state index is 11.3. The van der Waals surface area contributed by atoms with Crippen LogP contribution in [0.4, 0.5) is 4.79 Å². The molecule has 3 heteroatoms. The van der Waals surface area contributed by atoms with E-state index in [1.165, 1.54) is 11.8 Å². The highest BCUT2D eigenvalue weighted by atomic mass is 32.2. The van der Waals surface area contributed by atoms with Crippen LogP contribution >= 0.6 is 11.8 Å². The summed E-state index contributed by atoms with van der Waals surface area (Å²) in [5.41, 5.74) is 0. The molecule has 0 spiro atoms. The molecule has 11 heavy (non-hydrogen) atoms. The first-order valence-electron chi connectivity index (χ1n) is 3.87. The summed E-state index contributed by atoms with van der Waals surface area (Å²) in [4.78, 5) is 13.2. The van der Waals surface area contributed by atoms with Crippen LogP contribution in [-0.2, 0) is 0 Å². The predicted molar refractivity (Wildman–Crippen MR) is 51.0 cm³/mol. The van der Waals surface area contributed by atoms with Crippen LogP contribution in [0.2, 0.25) is 0 Å². The van der Waals surface area contributed by atoms with Crippen LogP contribution in [-0.4, -0.2) is 28.5 Å². The van der Waals surface area contributed by atoms with Crippen molar-refractivity contribution in [3.63, 3.8) is 0 Å². The van der Waals surface area contributed by atoms with Crippen molar-refractivity contribution in [3.05, 3.63) is 0 Å². The Morgan fingerprint density at radius 3 is 1.64 bits per heavy atom. The molecule has 0 N–H and O–H groups in total. The van der Waals surface area contributed by atoms with Crippen LogP contribution in [0, 0.1) is 0 Å². The summed E-state index contributed by atoms with van der Waals surface area (Å²) in [6.45, 7) is 8.14. The summed E-state index contributed by atoms with van der Waals surface area (Å²) in [5.74, 6) is 0. The molecular formula is C8H17NOS. The molecule has 66 valence electrons. The van der Waals surface area contributed by atoms with Gasteiger partial charge in [-0.05, 0) is 34.0 Å². The van der Waals surface area contributed by atoms with E-state index in [9.17, 15) is 4.79 Å². The molecule has 0 aliphatic carbocycles. The van der Waals surface area contributed by atoms with Crippen molar-refractivity contribution in [1.29, 1.82) is 0 Å². The Hall–Kier alpha value is -0.180. The Bertz CT molecular complexity index is 126. The first-order valence-corrected chi connectivity index (χ1v) is 5.09. The standard InChI is InChI=1S/C8H17NOS/c1-6(2)9(7(3)4)8(10)11-5/h6-7H,1-5H3. The second-order valence-corrected chi connectivity index (χ2v) is 3.82. The molecule has 0 aliphatic rings. The monoisotopic (exact) mass is 175 g/mol. The van der Waals surface area contributed by atoms with Gasteiger partial charge in [0.1, 0.15) is 0 Å². The molecule has 0 heterocycles. The van der Waals surface area contributed by atoms with E-state index in [0.717, 1.165) is 0 Å². The minimum atomic E-state index is 0.162. The Morgan fingerprint density at radius 1 is 1.18 bits per heavy atom. The zero-order valence-electron chi connectivity index (χ0n) is 7.92. The molecule has 0 rings (SSSR count). The molecule has 0 atom stereocenters. The maximum absolute atomic E-state index is 11.3. The number of rotatable bonds is 2. The van der Waals surface area contributed by atoms with E-state index in [-0.39, 0.29) is 5.24 Å². The van der Waals surface area contributed by atoms with Gasteiger partial charge < -0.3 is 4.90 Å². The van der Waals surface area contributed by atoms with E-state index in [4.69, 9.17) is 0 Å². The van der Waals surface area contributed by atoms with Gasteiger partial charge in [-0.15, -0.1) is 0 Å². The molecular weight excluding hydrogens is 158 g/mol. The second-order valence-electron chi connectivity index (χ2n) is 3.06. The van der Waals surface area contributed by atoms with Gasteiger partial charge >= 0.3 is 0 Å². The Kier molecular flexibility index (Phi) is 4.57. The van der Waals surface area contributed by atoms with E-state index < -0.39 is 0 Å². The molecule has 2 nitrogen and oxygen atoms in total. The van der Waals surface area contributed by atoms with E-state index in [1.807, 2.05) is 38.9 Å². The van der Waals surface area contributed by atoms with Gasteiger partial charge in [0.05, 0.1) is 0 Å². The summed E-state index contributed by atoms with van der Waals surface area (Å²) in [7, 11) is 0. The van der Waals surface area contributed by atoms with Crippen LogP contribution in [0.3, 0.4) is 0 Å². The van der Waals surface area contributed by atoms with Crippen molar-refractivity contribution in [1.82, 2.24) is 4.90 Å². The predicted octanol–water partition coefficient (Wildman–Crippen LogP) is 2.59. The fraction of sp³-hybridized carbons (Fsp3) is 0.875. The molecule has 0 saturated carbocycles. The third-order valence-electron chi connectivity index (χ3n) is 1.50. The highest BCUT2D eigenvalue weighted by Crippen LogP contribution is 2.12. The number of hydrogen-bond acceptors (Lipinski definition) is 2. The van der Waals surface area contributed by atoms with Gasteiger partial charge in [-0.2, -0.15) is 0 Å². The molecule has 0 aromatic heterocycles. The third-order valence-corrected chi connectivity index (χ3v) is 2.06. The fourth-order valence-corrected chi connectivity index (χ4v) is 1.76. The molecule has 0 radical (unpaired) electrons. The molecule has 0 bridgehead atoms. The SMILES string of the molecule is CSC(=O)N(C(C)C)C(C)C. The first kappa shape index (κ1) is 10.8. The minimum Gasteiger partial charge on any atom is -0.329 e. The van der Waals surface area contributed by atoms with Crippen LogP contribution < -0.4 is 0 Å². The highest BCUT2D eigenvalue weighted by molar-refractivity contribution is 8.12. The Balaban J connectivity index is 4.22. The smallest absolute Gasteiger partial charge is 0.281 e. The van der Waals surface area contributed by atoms with Crippen molar-refractivity contribution in [2.24, 2.45) is 0 Å². The highest BCUT2D eigenvalue weighted by Gasteiger charge is 2.18. The molecule has 0 aliphatic heterocycles. The average molecular weight is 175 g/mol. The summed E-state index contributed by atoms with van der Waals surface area (Å²) >= 11 is 1.28. The second kappa shape index (κ2) is 4.65. The van der Waals surface area contributed by atoms with Crippen LogP contribution in [0.15, 0.2) is 0 Å². The van der Waals surface area contributed by atoms with Gasteiger partial charge in [0.25, 0.3) is 5.24 Å². The summed E-state index contributed by atoms with van der Waals surface area (Å²) in [5, 5.41) is 0.162. The lowest BCUT2D eigenvalue weighted by atomic mass is 10.2. The summed E-state index contributed by atoms with van der Waals surface area (Å²) in [6, 6.07) is 0.602. The molecule has 0 fully saturated rings. The number of thioether (sulfide) groups is 1. The van der Waals surface area contributed by atoms with Crippen LogP contribution in [0.5, 0.6) is 0 Å². The van der Waals surface area contributed by atoms with Crippen molar-refractivity contribution in [2.75, 3.05) is 6.26 Å². The summed E-state index contributed by atoms with van der Waals surface area (Å²) in [6.07, 6.45) is 1.82. The molecule has 0 aromatic carbocycles. The number of amides is 1. The normalized spacial score (nSPS) is 10.8. The zero-order chi connectivity index (χ0) is 9.02. The molecule has 0 saturated heterocycles. The van der Waals surface area contributed by atoms with Crippen LogP contribution in [0.25, 0.3) is 0 Å². The lowest BCUT2D eigenvalue weighted by Crippen LogP contribution is -2.39. The van der Waals surface area contributed by atoms with E-state index in [1.54, 1.807) is 0 Å². The van der Waals surface area contributed by atoms with E-state index in [2.05, 4.69) is 0 Å². The number of carbonyl (C=O) groups is 1. The molecule has 1 amide bonds. The van der Waals surface area contributed by atoms with Gasteiger partial charge in [-0.3, -0.25) is 4.79 Å². The number of carbonyl (C=O) groups excluding carboxylic acids is 1. The van der Waals surface area contributed by atoms with Crippen molar-refractivity contribution < 1.29 is 4.79 Å². The largest absolute Gasteiger partial charge is 0.329 e. The Labute approximate surface area is 73.3 Å². The first-order chi connectivity index (χ1) is 5.00. The van der Waals surface area contributed by atoms with Gasteiger partial charge in [0.15, 0.2) is 0 Å². The Morgan fingerprint density at radius 2 is 1.55 bits per heavy atom. The van der Waals surface area contributed by atoms with Gasteiger partial charge in [-0.1, -0.05) is 11.8 Å². The fourth-order valence-electron chi connectivity index (χ4n) is 1.12. The third kappa shape index (κ3) is 3.14. The number of hydrogen-bond donors (Lipinski definition) is 0. The van der Waals surface area contributed by atoms with Gasteiger partial charge in [-0.25, -0.2) is 0 Å². The van der Waals surface area contributed by atoms with Crippen molar-refractivity contribution in [3.8, 4) is 0 Å². The van der Waals surface area contributed by atoms with Crippen molar-refractivity contribution in [2.45, 2.75) is 39.8 Å². The van der Waals surface area contributed by atoms with Gasteiger partial charge in [0, 0.05) is 12.1 Å². The minimum absolute atomic E-state index is 0.162. The quantitative estimate of drug-likeness (QED) is 0.643. The zero-order valence-corrected chi connectivity index (χ0v) is 8.73. The van der Waals surface area contributed by atoms with E-state index in [0.29, 0.717) is 12.1 Å². The maximum Gasteiger partial charge on any atom is 0.281 e. The topological polar surface area (TPSA) is 20.3 Å². The molecule has 0 aromatic rings. The summed E-state index contributed by atoms with van der Waals surface area (Å²) < 4.78 is 0. The van der Waals surface area contributed by atoms with Crippen LogP contribution in [0.1, 0.15) is 27.7 Å².